The molecule has 1 aromatic carbocycles. The number of hydrogen-bond donors (Lipinski definition) is 1. The van der Waals surface area contributed by atoms with Crippen LogP contribution < -0.4 is 10.5 Å². The Morgan fingerprint density at radius 1 is 1.05 bits per heavy atom. The van der Waals surface area contributed by atoms with Crippen LogP contribution in [0.4, 0.5) is 5.69 Å². The molecule has 1 aromatic rings. The third-order valence-electron chi connectivity index (χ3n) is 3.39. The molecule has 0 bridgehead atoms. The Bertz CT molecular complexity index is 373. The van der Waals surface area contributed by atoms with Crippen LogP contribution in [0.3, 0.4) is 0 Å². The maximum atomic E-state index is 6.00. The van der Waals surface area contributed by atoms with Gasteiger partial charge in [0.25, 0.3) is 0 Å². The van der Waals surface area contributed by atoms with Gasteiger partial charge in [0.1, 0.15) is 5.75 Å². The van der Waals surface area contributed by atoms with Crippen molar-refractivity contribution in [3.05, 3.63) is 23.8 Å². The lowest BCUT2D eigenvalue weighted by Gasteiger charge is -2.20. The van der Waals surface area contributed by atoms with Crippen molar-refractivity contribution in [1.29, 1.82) is 0 Å². The van der Waals surface area contributed by atoms with Gasteiger partial charge in [-0.1, -0.05) is 19.9 Å². The minimum absolute atomic E-state index is 0.659. The average Bonchev–Trinajstić information content (AvgIpc) is 2.42. The first-order valence-corrected chi connectivity index (χ1v) is 7.94. The molecular formula is C17H30N2O. The van der Waals surface area contributed by atoms with Crippen LogP contribution in [0.25, 0.3) is 0 Å². The molecule has 3 nitrogen and oxygen atoms in total. The van der Waals surface area contributed by atoms with E-state index in [0.717, 1.165) is 17.9 Å². The zero-order chi connectivity index (χ0) is 14.8. The third-order valence-corrected chi connectivity index (χ3v) is 3.39. The second kappa shape index (κ2) is 9.65. The standard InChI is InChI=1S/C17H30N2O/c1-4-11-19(12-5-2)13-7-8-15-9-10-17(20-6-3)16(18)14-15/h9-10,14H,4-8,11-13,18H2,1-3H3. The van der Waals surface area contributed by atoms with Crippen molar-refractivity contribution in [3.63, 3.8) is 0 Å². The summed E-state index contributed by atoms with van der Waals surface area (Å²) in [5, 5.41) is 0. The quantitative estimate of drug-likeness (QED) is 0.663. The molecule has 0 radical (unpaired) electrons. The lowest BCUT2D eigenvalue weighted by Crippen LogP contribution is -2.26. The molecule has 0 amide bonds. The van der Waals surface area contributed by atoms with Crippen LogP contribution >= 0.6 is 0 Å². The minimum atomic E-state index is 0.659. The monoisotopic (exact) mass is 278 g/mol. The number of rotatable bonds is 10. The molecule has 20 heavy (non-hydrogen) atoms. The maximum absolute atomic E-state index is 6.00. The first-order valence-electron chi connectivity index (χ1n) is 7.94. The lowest BCUT2D eigenvalue weighted by atomic mass is 10.1. The zero-order valence-corrected chi connectivity index (χ0v) is 13.3. The van der Waals surface area contributed by atoms with E-state index in [1.54, 1.807) is 0 Å². The molecular weight excluding hydrogens is 248 g/mol. The molecule has 0 spiro atoms. The Morgan fingerprint density at radius 3 is 2.30 bits per heavy atom. The predicted molar refractivity (Wildman–Crippen MR) is 87.4 cm³/mol. The second-order valence-electron chi connectivity index (χ2n) is 5.25. The molecule has 2 N–H and O–H groups in total. The number of hydrogen-bond acceptors (Lipinski definition) is 3. The fourth-order valence-electron chi connectivity index (χ4n) is 2.52. The highest BCUT2D eigenvalue weighted by atomic mass is 16.5. The maximum Gasteiger partial charge on any atom is 0.142 e. The Kier molecular flexibility index (Phi) is 8.12. The molecule has 0 aliphatic heterocycles. The SMILES string of the molecule is CCCN(CCC)CCCc1ccc(OCC)c(N)c1. The number of aryl methyl sites for hydroxylation is 1. The first kappa shape index (κ1) is 16.8. The summed E-state index contributed by atoms with van der Waals surface area (Å²) in [6.45, 7) is 10.7. The first-order chi connectivity index (χ1) is 9.71. The number of benzene rings is 1. The van der Waals surface area contributed by atoms with Gasteiger partial charge in [-0.05, 0) is 69.9 Å². The molecule has 3 heteroatoms. The molecule has 0 aliphatic carbocycles. The Hall–Kier alpha value is -1.22. The number of nitrogens with two attached hydrogens (primary N) is 1. The summed E-state index contributed by atoms with van der Waals surface area (Å²) < 4.78 is 5.46. The van der Waals surface area contributed by atoms with Crippen LogP contribution in [0.1, 0.15) is 45.6 Å². The van der Waals surface area contributed by atoms with Crippen LogP contribution in [0, 0.1) is 0 Å². The van der Waals surface area contributed by atoms with Gasteiger partial charge < -0.3 is 15.4 Å². The van der Waals surface area contributed by atoms with Crippen LogP contribution in [0.15, 0.2) is 18.2 Å². The highest BCUT2D eigenvalue weighted by molar-refractivity contribution is 5.54. The summed E-state index contributed by atoms with van der Waals surface area (Å²) in [5.74, 6) is 0.801. The topological polar surface area (TPSA) is 38.5 Å². The average molecular weight is 278 g/mol. The van der Waals surface area contributed by atoms with Gasteiger partial charge in [0.15, 0.2) is 0 Å². The van der Waals surface area contributed by atoms with E-state index in [-0.39, 0.29) is 0 Å². The van der Waals surface area contributed by atoms with E-state index in [1.807, 2.05) is 13.0 Å². The molecule has 0 saturated carbocycles. The van der Waals surface area contributed by atoms with E-state index >= 15 is 0 Å². The van der Waals surface area contributed by atoms with E-state index in [1.165, 1.54) is 44.5 Å². The Labute approximate surface area is 124 Å². The summed E-state index contributed by atoms with van der Waals surface area (Å²) in [6.07, 6.45) is 4.74. The van der Waals surface area contributed by atoms with Gasteiger partial charge in [-0.25, -0.2) is 0 Å². The molecule has 0 unspecified atom stereocenters. The molecule has 114 valence electrons. The summed E-state index contributed by atoms with van der Waals surface area (Å²) in [4.78, 5) is 2.55. The van der Waals surface area contributed by atoms with E-state index in [4.69, 9.17) is 10.5 Å². The van der Waals surface area contributed by atoms with Crippen molar-refractivity contribution in [2.24, 2.45) is 0 Å². The van der Waals surface area contributed by atoms with Crippen molar-refractivity contribution < 1.29 is 4.74 Å². The normalized spacial score (nSPS) is 11.0. The van der Waals surface area contributed by atoms with Gasteiger partial charge in [-0.2, -0.15) is 0 Å². The van der Waals surface area contributed by atoms with Gasteiger partial charge in [0.2, 0.25) is 0 Å². The van der Waals surface area contributed by atoms with E-state index in [0.29, 0.717) is 6.61 Å². The van der Waals surface area contributed by atoms with Gasteiger partial charge in [-0.15, -0.1) is 0 Å². The van der Waals surface area contributed by atoms with Crippen molar-refractivity contribution in [2.45, 2.75) is 46.5 Å². The van der Waals surface area contributed by atoms with E-state index < -0.39 is 0 Å². The van der Waals surface area contributed by atoms with E-state index in [9.17, 15) is 0 Å². The molecule has 0 fully saturated rings. The molecule has 0 heterocycles. The van der Waals surface area contributed by atoms with Crippen molar-refractivity contribution in [1.82, 2.24) is 4.90 Å². The van der Waals surface area contributed by atoms with Crippen LogP contribution in [-0.2, 0) is 6.42 Å². The summed E-state index contributed by atoms with van der Waals surface area (Å²) in [6, 6.07) is 6.17. The van der Waals surface area contributed by atoms with Crippen molar-refractivity contribution in [3.8, 4) is 5.75 Å². The third kappa shape index (κ3) is 5.83. The van der Waals surface area contributed by atoms with Crippen LogP contribution in [0.5, 0.6) is 5.75 Å². The molecule has 1 rings (SSSR count). The highest BCUT2D eigenvalue weighted by Gasteiger charge is 2.04. The molecule has 0 saturated heterocycles. The Morgan fingerprint density at radius 2 is 1.75 bits per heavy atom. The highest BCUT2D eigenvalue weighted by Crippen LogP contribution is 2.23. The summed E-state index contributed by atoms with van der Waals surface area (Å²) in [7, 11) is 0. The van der Waals surface area contributed by atoms with Gasteiger partial charge in [0, 0.05) is 0 Å². The van der Waals surface area contributed by atoms with Gasteiger partial charge in [-0.3, -0.25) is 0 Å². The predicted octanol–water partition coefficient (Wildman–Crippen LogP) is 3.72. The fourth-order valence-corrected chi connectivity index (χ4v) is 2.52. The van der Waals surface area contributed by atoms with Crippen molar-refractivity contribution in [2.75, 3.05) is 32.0 Å². The van der Waals surface area contributed by atoms with Crippen LogP contribution in [0.2, 0.25) is 0 Å². The van der Waals surface area contributed by atoms with Gasteiger partial charge in [0.05, 0.1) is 12.3 Å². The fraction of sp³-hybridized carbons (Fsp3) is 0.647. The number of anilines is 1. The lowest BCUT2D eigenvalue weighted by molar-refractivity contribution is 0.271. The minimum Gasteiger partial charge on any atom is -0.492 e. The van der Waals surface area contributed by atoms with Crippen LogP contribution in [-0.4, -0.2) is 31.1 Å². The smallest absolute Gasteiger partial charge is 0.142 e. The molecule has 0 aliphatic rings. The molecule has 0 aromatic heterocycles. The van der Waals surface area contributed by atoms with Gasteiger partial charge >= 0.3 is 0 Å². The summed E-state index contributed by atoms with van der Waals surface area (Å²) in [5.41, 5.74) is 8.06. The zero-order valence-electron chi connectivity index (χ0n) is 13.3. The molecule has 0 atom stereocenters. The number of nitrogen functional groups attached to an aromatic ring is 1. The van der Waals surface area contributed by atoms with Crippen molar-refractivity contribution >= 4 is 5.69 Å². The number of nitrogens with zero attached hydrogens (tertiary/aromatic N) is 1. The van der Waals surface area contributed by atoms with E-state index in [2.05, 4.69) is 30.9 Å². The summed E-state index contributed by atoms with van der Waals surface area (Å²) >= 11 is 0. The second-order valence-corrected chi connectivity index (χ2v) is 5.25. The largest absolute Gasteiger partial charge is 0.492 e. The Balaban J connectivity index is 2.42. The number of ether oxygens (including phenoxy) is 1.